The summed E-state index contributed by atoms with van der Waals surface area (Å²) in [7, 11) is -3.30. The molecule has 0 aromatic heterocycles. The van der Waals surface area contributed by atoms with Crippen molar-refractivity contribution in [3.8, 4) is 6.07 Å². The zero-order valence-corrected chi connectivity index (χ0v) is 8.38. The largest absolute Gasteiger partial charge is 0.376 e. The lowest BCUT2D eigenvalue weighted by molar-refractivity contribution is 0.0214. The third kappa shape index (κ3) is 2.68. The van der Waals surface area contributed by atoms with Crippen LogP contribution in [0.15, 0.2) is 0 Å². The molecule has 0 amide bonds. The fraction of sp³-hybridized carbons (Fsp3) is 0.875. The van der Waals surface area contributed by atoms with Gasteiger partial charge in [0.25, 0.3) is 0 Å². The summed E-state index contributed by atoms with van der Waals surface area (Å²) >= 11 is 0. The van der Waals surface area contributed by atoms with Crippen molar-refractivity contribution < 1.29 is 13.2 Å². The van der Waals surface area contributed by atoms with Crippen LogP contribution in [0.2, 0.25) is 0 Å². The lowest BCUT2D eigenvalue weighted by atomic mass is 10.1. The van der Waals surface area contributed by atoms with E-state index in [4.69, 9.17) is 10.00 Å². The topological polar surface area (TPSA) is 67.2 Å². The second-order valence-electron chi connectivity index (χ2n) is 3.28. The van der Waals surface area contributed by atoms with E-state index in [-0.39, 0.29) is 0 Å². The van der Waals surface area contributed by atoms with E-state index in [1.54, 1.807) is 6.07 Å². The number of sulfone groups is 1. The summed E-state index contributed by atoms with van der Waals surface area (Å²) in [6.07, 6.45) is 3.23. The predicted molar refractivity (Wildman–Crippen MR) is 47.8 cm³/mol. The van der Waals surface area contributed by atoms with Crippen molar-refractivity contribution in [2.75, 3.05) is 12.9 Å². The minimum atomic E-state index is -3.30. The second-order valence-corrected chi connectivity index (χ2v) is 5.45. The summed E-state index contributed by atoms with van der Waals surface area (Å²) in [4.78, 5) is 0. The Hall–Kier alpha value is -0.600. The van der Waals surface area contributed by atoms with Gasteiger partial charge in [-0.2, -0.15) is 5.26 Å². The number of nitriles is 1. The SMILES string of the molecule is CS(=O)(=O)C(C#N)C1CCCCO1. The standard InChI is InChI=1S/C8H13NO3S/c1-13(10,11)8(6-9)7-4-2-3-5-12-7/h7-8H,2-5H2,1H3. The molecular weight excluding hydrogens is 190 g/mol. The van der Waals surface area contributed by atoms with E-state index in [1.165, 1.54) is 0 Å². The molecule has 1 heterocycles. The first-order chi connectivity index (χ1) is 6.05. The normalized spacial score (nSPS) is 26.3. The zero-order valence-electron chi connectivity index (χ0n) is 7.56. The van der Waals surface area contributed by atoms with Gasteiger partial charge >= 0.3 is 0 Å². The molecule has 1 rings (SSSR count). The van der Waals surface area contributed by atoms with Crippen molar-refractivity contribution in [1.29, 1.82) is 5.26 Å². The van der Waals surface area contributed by atoms with E-state index in [2.05, 4.69) is 0 Å². The summed E-state index contributed by atoms with van der Waals surface area (Å²) in [5.74, 6) is 0. The third-order valence-corrected chi connectivity index (χ3v) is 3.47. The Morgan fingerprint density at radius 2 is 2.23 bits per heavy atom. The van der Waals surface area contributed by atoms with Crippen LogP contribution in [0.25, 0.3) is 0 Å². The van der Waals surface area contributed by atoms with Crippen molar-refractivity contribution in [3.05, 3.63) is 0 Å². The van der Waals surface area contributed by atoms with E-state index in [0.29, 0.717) is 13.0 Å². The number of nitrogens with zero attached hydrogens (tertiary/aromatic N) is 1. The smallest absolute Gasteiger partial charge is 0.173 e. The molecule has 2 unspecified atom stereocenters. The van der Waals surface area contributed by atoms with Gasteiger partial charge in [0.2, 0.25) is 0 Å². The van der Waals surface area contributed by atoms with Crippen LogP contribution >= 0.6 is 0 Å². The molecule has 13 heavy (non-hydrogen) atoms. The summed E-state index contributed by atoms with van der Waals surface area (Å²) < 4.78 is 27.6. The highest BCUT2D eigenvalue weighted by Gasteiger charge is 2.32. The Labute approximate surface area is 78.4 Å². The molecule has 0 N–H and O–H groups in total. The maximum atomic E-state index is 11.2. The van der Waals surface area contributed by atoms with Crippen LogP contribution in [0.5, 0.6) is 0 Å². The predicted octanol–water partition coefficient (Wildman–Crippen LogP) is 0.492. The van der Waals surface area contributed by atoms with E-state index >= 15 is 0 Å². The molecule has 0 saturated carbocycles. The van der Waals surface area contributed by atoms with Gasteiger partial charge in [0.15, 0.2) is 15.1 Å². The van der Waals surface area contributed by atoms with E-state index in [1.807, 2.05) is 0 Å². The van der Waals surface area contributed by atoms with Crippen molar-refractivity contribution in [1.82, 2.24) is 0 Å². The van der Waals surface area contributed by atoms with Crippen molar-refractivity contribution in [2.45, 2.75) is 30.6 Å². The van der Waals surface area contributed by atoms with Crippen LogP contribution in [0.3, 0.4) is 0 Å². The second kappa shape index (κ2) is 4.07. The highest BCUT2D eigenvalue weighted by molar-refractivity contribution is 7.91. The molecule has 0 aliphatic carbocycles. The quantitative estimate of drug-likeness (QED) is 0.655. The van der Waals surface area contributed by atoms with Crippen LogP contribution in [0.4, 0.5) is 0 Å². The van der Waals surface area contributed by atoms with Crippen LogP contribution in [-0.2, 0) is 14.6 Å². The number of hydrogen-bond donors (Lipinski definition) is 0. The maximum absolute atomic E-state index is 11.2. The van der Waals surface area contributed by atoms with Gasteiger partial charge in [-0.25, -0.2) is 8.42 Å². The van der Waals surface area contributed by atoms with Crippen LogP contribution in [0, 0.1) is 11.3 Å². The minimum absolute atomic E-state index is 0.422. The monoisotopic (exact) mass is 203 g/mol. The molecule has 4 nitrogen and oxygen atoms in total. The van der Waals surface area contributed by atoms with Crippen LogP contribution in [-0.4, -0.2) is 32.6 Å². The van der Waals surface area contributed by atoms with Crippen molar-refractivity contribution in [3.63, 3.8) is 0 Å². The van der Waals surface area contributed by atoms with Crippen LogP contribution in [0.1, 0.15) is 19.3 Å². The average Bonchev–Trinajstić information content (AvgIpc) is 2.05. The van der Waals surface area contributed by atoms with E-state index in [0.717, 1.165) is 19.1 Å². The van der Waals surface area contributed by atoms with Gasteiger partial charge in [-0.1, -0.05) is 0 Å². The molecule has 1 aliphatic rings. The molecule has 0 radical (unpaired) electrons. The Morgan fingerprint density at radius 1 is 1.54 bits per heavy atom. The van der Waals surface area contributed by atoms with Gasteiger partial charge in [-0.3, -0.25) is 0 Å². The lowest BCUT2D eigenvalue weighted by Gasteiger charge is -2.25. The van der Waals surface area contributed by atoms with Gasteiger partial charge in [-0.15, -0.1) is 0 Å². The summed E-state index contributed by atoms with van der Waals surface area (Å²) in [5.41, 5.74) is 0. The fourth-order valence-electron chi connectivity index (χ4n) is 1.46. The average molecular weight is 203 g/mol. The molecule has 1 aliphatic heterocycles. The lowest BCUT2D eigenvalue weighted by Crippen LogP contribution is -2.36. The molecule has 0 aromatic carbocycles. The Balaban J connectivity index is 2.73. The first-order valence-electron chi connectivity index (χ1n) is 4.26. The Morgan fingerprint density at radius 3 is 2.62 bits per heavy atom. The molecule has 2 atom stereocenters. The molecule has 74 valence electrons. The fourth-order valence-corrected chi connectivity index (χ4v) is 2.42. The first-order valence-corrected chi connectivity index (χ1v) is 6.21. The third-order valence-electron chi connectivity index (χ3n) is 2.14. The summed E-state index contributed by atoms with van der Waals surface area (Å²) in [5, 5.41) is 7.71. The molecular formula is C8H13NO3S. The highest BCUT2D eigenvalue weighted by atomic mass is 32.2. The van der Waals surface area contributed by atoms with Gasteiger partial charge in [-0.05, 0) is 19.3 Å². The summed E-state index contributed by atoms with van der Waals surface area (Å²) in [6.45, 7) is 0.568. The molecule has 5 heteroatoms. The first kappa shape index (κ1) is 10.5. The highest BCUT2D eigenvalue weighted by Crippen LogP contribution is 2.19. The van der Waals surface area contributed by atoms with Crippen molar-refractivity contribution in [2.24, 2.45) is 0 Å². The Kier molecular flexibility index (Phi) is 3.28. The minimum Gasteiger partial charge on any atom is -0.376 e. The molecule has 0 bridgehead atoms. The van der Waals surface area contributed by atoms with E-state index in [9.17, 15) is 8.42 Å². The van der Waals surface area contributed by atoms with Gasteiger partial charge < -0.3 is 4.74 Å². The van der Waals surface area contributed by atoms with Gasteiger partial charge in [0.05, 0.1) is 12.2 Å². The zero-order chi connectivity index (χ0) is 9.90. The number of ether oxygens (including phenoxy) is 1. The van der Waals surface area contributed by atoms with Gasteiger partial charge in [0, 0.05) is 12.9 Å². The molecule has 1 fully saturated rings. The van der Waals surface area contributed by atoms with Crippen LogP contribution < -0.4 is 0 Å². The molecule has 1 saturated heterocycles. The van der Waals surface area contributed by atoms with Crippen molar-refractivity contribution >= 4 is 9.84 Å². The maximum Gasteiger partial charge on any atom is 0.173 e. The number of hydrogen-bond acceptors (Lipinski definition) is 4. The van der Waals surface area contributed by atoms with Gasteiger partial charge in [0.1, 0.15) is 0 Å². The number of rotatable bonds is 2. The molecule has 0 spiro atoms. The molecule has 0 aromatic rings. The summed E-state index contributed by atoms with van der Waals surface area (Å²) in [6, 6.07) is 1.80. The van der Waals surface area contributed by atoms with E-state index < -0.39 is 21.2 Å². The Bertz CT molecular complexity index is 298.